The van der Waals surface area contributed by atoms with Gasteiger partial charge in [-0.2, -0.15) is 13.2 Å². The summed E-state index contributed by atoms with van der Waals surface area (Å²) in [5, 5.41) is 15.9. The standard InChI is InChI=1S/C22H27Cl2F3N4O3S2/c1-21(2,33)10-28-19(32)20-31-18(30-12-6-4-3-5-7-12)17(35-20)13-8-9-14(16(24)15(13)23)36(34)29-11-22(25,26)27/h8-9,12,29-30,33H,3-7,10-11H2,1-2H3,(H,28,32). The molecule has 0 radical (unpaired) electrons. The second-order valence-electron chi connectivity index (χ2n) is 9.12. The van der Waals surface area contributed by atoms with Crippen molar-refractivity contribution in [2.75, 3.05) is 18.4 Å². The van der Waals surface area contributed by atoms with Crippen molar-refractivity contribution in [1.82, 2.24) is 15.0 Å². The van der Waals surface area contributed by atoms with Crippen LogP contribution < -0.4 is 15.4 Å². The SMILES string of the molecule is CC(C)(O)CNC(=O)c1nc(NC2CCCCC2)c(-c2ccc(S(=O)NCC(F)(F)F)c(Cl)c2Cl)s1. The number of aliphatic hydroxyl groups is 1. The molecule has 1 aromatic carbocycles. The van der Waals surface area contributed by atoms with E-state index >= 15 is 0 Å². The summed E-state index contributed by atoms with van der Waals surface area (Å²) >= 11 is 13.9. The molecule has 1 amide bonds. The first-order chi connectivity index (χ1) is 16.7. The number of carbonyl (C=O) groups excluding carboxylic acids is 1. The van der Waals surface area contributed by atoms with Crippen LogP contribution in [-0.2, 0) is 11.0 Å². The summed E-state index contributed by atoms with van der Waals surface area (Å²) in [5.41, 5.74) is -0.711. The fourth-order valence-electron chi connectivity index (χ4n) is 3.59. The van der Waals surface area contributed by atoms with Crippen molar-refractivity contribution >= 4 is 57.2 Å². The highest BCUT2D eigenvalue weighted by Crippen LogP contribution is 2.43. The number of aromatic nitrogens is 1. The predicted octanol–water partition coefficient (Wildman–Crippen LogP) is 5.54. The number of carbonyl (C=O) groups is 1. The number of nitrogens with zero attached hydrogens (tertiary/aromatic N) is 1. The molecule has 1 aliphatic rings. The molecule has 1 saturated carbocycles. The lowest BCUT2D eigenvalue weighted by molar-refractivity contribution is -0.121. The number of alkyl halides is 3. The first kappa shape index (κ1) is 29.1. The van der Waals surface area contributed by atoms with Gasteiger partial charge in [-0.05, 0) is 32.8 Å². The highest BCUT2D eigenvalue weighted by Gasteiger charge is 2.29. The van der Waals surface area contributed by atoms with Crippen LogP contribution in [0.25, 0.3) is 10.4 Å². The van der Waals surface area contributed by atoms with Gasteiger partial charge in [-0.25, -0.2) is 13.9 Å². The number of thiazole rings is 1. The zero-order chi connectivity index (χ0) is 26.7. The molecule has 14 heteroatoms. The molecule has 4 N–H and O–H groups in total. The average Bonchev–Trinajstić information content (AvgIpc) is 3.21. The smallest absolute Gasteiger partial charge is 0.389 e. The summed E-state index contributed by atoms with van der Waals surface area (Å²) in [7, 11) is -2.24. The Morgan fingerprint density at radius 3 is 2.44 bits per heavy atom. The van der Waals surface area contributed by atoms with Crippen LogP contribution in [0.4, 0.5) is 19.0 Å². The maximum atomic E-state index is 12.7. The van der Waals surface area contributed by atoms with Crippen LogP contribution in [0, 0.1) is 0 Å². The molecule has 0 saturated heterocycles. The lowest BCUT2D eigenvalue weighted by Crippen LogP contribution is -2.38. The van der Waals surface area contributed by atoms with E-state index in [0.717, 1.165) is 43.4 Å². The highest BCUT2D eigenvalue weighted by molar-refractivity contribution is 7.83. The van der Waals surface area contributed by atoms with Gasteiger partial charge < -0.3 is 15.7 Å². The van der Waals surface area contributed by atoms with Crippen molar-refractivity contribution in [3.8, 4) is 10.4 Å². The molecule has 1 heterocycles. The zero-order valence-electron chi connectivity index (χ0n) is 19.6. The van der Waals surface area contributed by atoms with E-state index in [1.165, 1.54) is 12.1 Å². The predicted molar refractivity (Wildman–Crippen MR) is 137 cm³/mol. The van der Waals surface area contributed by atoms with Crippen molar-refractivity contribution in [3.63, 3.8) is 0 Å². The molecular weight excluding hydrogens is 560 g/mol. The Kier molecular flexibility index (Phi) is 9.67. The zero-order valence-corrected chi connectivity index (χ0v) is 22.7. The van der Waals surface area contributed by atoms with Crippen LogP contribution in [-0.4, -0.2) is 51.1 Å². The van der Waals surface area contributed by atoms with Crippen molar-refractivity contribution in [2.24, 2.45) is 0 Å². The number of benzene rings is 1. The van der Waals surface area contributed by atoms with Gasteiger partial charge >= 0.3 is 6.18 Å². The normalized spacial score (nSPS) is 16.1. The Morgan fingerprint density at radius 1 is 1.17 bits per heavy atom. The Morgan fingerprint density at radius 2 is 1.83 bits per heavy atom. The number of hydrogen-bond acceptors (Lipinski definition) is 6. The Balaban J connectivity index is 1.94. The third-order valence-electron chi connectivity index (χ3n) is 5.34. The van der Waals surface area contributed by atoms with Gasteiger partial charge in [0.05, 0.1) is 25.4 Å². The molecule has 200 valence electrons. The summed E-state index contributed by atoms with van der Waals surface area (Å²) in [6, 6.07) is 2.98. The van der Waals surface area contributed by atoms with E-state index in [4.69, 9.17) is 23.2 Å². The average molecular weight is 588 g/mol. The Labute approximate surface area is 223 Å². The number of nitrogens with one attached hydrogen (secondary N) is 3. The minimum Gasteiger partial charge on any atom is -0.389 e. The molecule has 36 heavy (non-hydrogen) atoms. The van der Waals surface area contributed by atoms with Gasteiger partial charge in [0.1, 0.15) is 23.3 Å². The summed E-state index contributed by atoms with van der Waals surface area (Å²) in [4.78, 5) is 17.6. The molecule has 3 rings (SSSR count). The van der Waals surface area contributed by atoms with Gasteiger partial charge in [0, 0.05) is 18.2 Å². The van der Waals surface area contributed by atoms with Gasteiger partial charge in [0.25, 0.3) is 5.91 Å². The van der Waals surface area contributed by atoms with E-state index in [2.05, 4.69) is 15.6 Å². The van der Waals surface area contributed by atoms with E-state index in [9.17, 15) is 27.3 Å². The van der Waals surface area contributed by atoms with Gasteiger partial charge in [-0.3, -0.25) is 4.79 Å². The van der Waals surface area contributed by atoms with Crippen LogP contribution in [0.1, 0.15) is 55.8 Å². The van der Waals surface area contributed by atoms with Crippen molar-refractivity contribution in [2.45, 2.75) is 68.7 Å². The van der Waals surface area contributed by atoms with Crippen molar-refractivity contribution in [1.29, 1.82) is 0 Å². The monoisotopic (exact) mass is 586 g/mol. The molecule has 1 unspecified atom stereocenters. The molecule has 1 atom stereocenters. The molecule has 1 fully saturated rings. The number of hydrogen-bond donors (Lipinski definition) is 4. The lowest BCUT2D eigenvalue weighted by Gasteiger charge is -2.23. The molecular formula is C22H27Cl2F3N4O3S2. The second-order valence-corrected chi connectivity index (χ2v) is 12.1. The van der Waals surface area contributed by atoms with Gasteiger partial charge in [-0.15, -0.1) is 11.3 Å². The van der Waals surface area contributed by atoms with Crippen LogP contribution in [0.3, 0.4) is 0 Å². The fraction of sp³-hybridized carbons (Fsp3) is 0.545. The maximum Gasteiger partial charge on any atom is 0.402 e. The molecule has 0 bridgehead atoms. The topological polar surface area (TPSA) is 103 Å². The molecule has 7 nitrogen and oxygen atoms in total. The van der Waals surface area contributed by atoms with Crippen LogP contribution >= 0.6 is 34.5 Å². The summed E-state index contributed by atoms with van der Waals surface area (Å²) in [5.74, 6) is -0.0429. The minimum absolute atomic E-state index is 0.0180. The summed E-state index contributed by atoms with van der Waals surface area (Å²) in [6.45, 7) is 1.69. The molecule has 1 aliphatic carbocycles. The van der Waals surface area contributed by atoms with Gasteiger partial charge in [-0.1, -0.05) is 48.5 Å². The van der Waals surface area contributed by atoms with E-state index in [1.54, 1.807) is 13.8 Å². The highest BCUT2D eigenvalue weighted by atomic mass is 35.5. The van der Waals surface area contributed by atoms with Gasteiger partial charge in [0.15, 0.2) is 5.01 Å². The third kappa shape index (κ3) is 8.03. The van der Waals surface area contributed by atoms with Gasteiger partial charge in [0.2, 0.25) is 0 Å². The molecule has 0 spiro atoms. The Bertz CT molecular complexity index is 1120. The first-order valence-corrected chi connectivity index (χ1v) is 14.0. The van der Waals surface area contributed by atoms with Crippen molar-refractivity contribution in [3.05, 3.63) is 27.2 Å². The quantitative estimate of drug-likeness (QED) is 0.309. The van der Waals surface area contributed by atoms with E-state index < -0.39 is 35.2 Å². The maximum absolute atomic E-state index is 12.7. The van der Waals surface area contributed by atoms with Crippen molar-refractivity contribution < 1.29 is 27.3 Å². The van der Waals surface area contributed by atoms with E-state index in [0.29, 0.717) is 16.3 Å². The molecule has 2 aromatic rings. The number of amides is 1. The fourth-order valence-corrected chi connectivity index (χ4v) is 6.22. The largest absolute Gasteiger partial charge is 0.402 e. The van der Waals surface area contributed by atoms with Crippen LogP contribution in [0.15, 0.2) is 17.0 Å². The first-order valence-electron chi connectivity index (χ1n) is 11.2. The lowest BCUT2D eigenvalue weighted by atomic mass is 9.95. The third-order valence-corrected chi connectivity index (χ3v) is 8.57. The summed E-state index contributed by atoms with van der Waals surface area (Å²) < 4.78 is 51.8. The molecule has 0 aliphatic heterocycles. The summed E-state index contributed by atoms with van der Waals surface area (Å²) in [6.07, 6.45) is 0.608. The number of rotatable bonds is 9. The minimum atomic E-state index is -4.55. The van der Waals surface area contributed by atoms with Crippen LogP contribution in [0.2, 0.25) is 10.0 Å². The molecule has 1 aromatic heterocycles. The van der Waals surface area contributed by atoms with E-state index in [1.807, 2.05) is 4.72 Å². The number of halogens is 5. The van der Waals surface area contributed by atoms with Crippen LogP contribution in [0.5, 0.6) is 0 Å². The second kappa shape index (κ2) is 12.0. The Hall–Kier alpha value is -1.44. The number of anilines is 1. The van der Waals surface area contributed by atoms with E-state index in [-0.39, 0.29) is 32.5 Å².